The van der Waals surface area contributed by atoms with E-state index in [0.717, 1.165) is 56.9 Å². The third-order valence-corrected chi connectivity index (χ3v) is 10.9. The molecule has 0 fully saturated rings. The van der Waals surface area contributed by atoms with Crippen LogP contribution in [0.1, 0.15) is 71.9 Å². The molecule has 0 aliphatic carbocycles. The summed E-state index contributed by atoms with van der Waals surface area (Å²) < 4.78 is 30.3. The first-order valence-corrected chi connectivity index (χ1v) is 19.3. The van der Waals surface area contributed by atoms with Crippen LogP contribution in [-0.4, -0.2) is 58.5 Å². The lowest BCUT2D eigenvalue weighted by molar-refractivity contribution is -0.133. The highest BCUT2D eigenvalue weighted by Crippen LogP contribution is 2.33. The van der Waals surface area contributed by atoms with E-state index in [-0.39, 0.29) is 24.7 Å². The first kappa shape index (κ1) is 35.7. The van der Waals surface area contributed by atoms with E-state index in [2.05, 4.69) is 23.1 Å². The molecule has 0 saturated heterocycles. The number of hydrogen-bond acceptors (Lipinski definition) is 6. The number of rotatable bonds is 12. The van der Waals surface area contributed by atoms with Crippen LogP contribution in [0.2, 0.25) is 0 Å². The normalized spacial score (nSPS) is 14.9. The van der Waals surface area contributed by atoms with Crippen molar-refractivity contribution >= 4 is 38.6 Å². The molecule has 3 aromatic carbocycles. The highest BCUT2D eigenvalue weighted by atomic mass is 32.2. The molecule has 10 heteroatoms. The molecule has 51 heavy (non-hydrogen) atoms. The highest BCUT2D eigenvalue weighted by molar-refractivity contribution is 7.90. The Hall–Kier alpha value is -5.09. The van der Waals surface area contributed by atoms with Crippen LogP contribution in [0.3, 0.4) is 0 Å². The van der Waals surface area contributed by atoms with E-state index in [1.165, 1.54) is 0 Å². The summed E-state index contributed by atoms with van der Waals surface area (Å²) >= 11 is 0. The minimum absolute atomic E-state index is 0.0446. The fourth-order valence-electron chi connectivity index (χ4n) is 6.90. The largest absolute Gasteiger partial charge is 0.337 e. The summed E-state index contributed by atoms with van der Waals surface area (Å²) in [5.41, 5.74) is 8.03. The Labute approximate surface area is 300 Å². The third-order valence-electron chi connectivity index (χ3n) is 9.52. The number of benzene rings is 3. The van der Waals surface area contributed by atoms with Gasteiger partial charge in [0.1, 0.15) is 11.3 Å². The number of hydrogen-bond donors (Lipinski definition) is 1. The van der Waals surface area contributed by atoms with E-state index >= 15 is 0 Å². The Morgan fingerprint density at radius 1 is 0.902 bits per heavy atom. The molecule has 2 aromatic heterocycles. The molecule has 9 nitrogen and oxygen atoms in total. The summed E-state index contributed by atoms with van der Waals surface area (Å²) in [5.74, 6) is -1.43. The Morgan fingerprint density at radius 2 is 1.55 bits per heavy atom. The number of aryl methyl sites for hydroxylation is 3. The number of carbonyl (C=O) groups excluding carboxylic acids is 2. The minimum Gasteiger partial charge on any atom is -0.337 e. The number of pyridine rings is 1. The molecule has 1 N–H and O–H groups in total. The van der Waals surface area contributed by atoms with Crippen LogP contribution >= 0.6 is 0 Å². The topological polar surface area (TPSA) is 114 Å². The standard InChI is InChI=1S/C41H45N5O4S/c1-5-7-24-51(49,50)44-40(47)35-27-45(41(48)37(32-14-10-8-11-15-32)33-16-12-9-13-17-33)23-22-34(35)31-20-18-30(19-21-31)26-46-36(6-2)43-38-28(3)25-29(4)42-39(38)46/h8-22,25,35,37H,5-7,23-24,26-27H2,1-4H3,(H,44,47). The maximum atomic E-state index is 14.4. The minimum atomic E-state index is -3.85. The molecule has 5 aromatic rings. The van der Waals surface area contributed by atoms with Gasteiger partial charge in [0.2, 0.25) is 21.8 Å². The van der Waals surface area contributed by atoms with Crippen molar-refractivity contribution in [3.05, 3.63) is 136 Å². The molecule has 264 valence electrons. The van der Waals surface area contributed by atoms with Gasteiger partial charge in [0.15, 0.2) is 5.65 Å². The van der Waals surface area contributed by atoms with E-state index in [0.29, 0.717) is 25.0 Å². The lowest BCUT2D eigenvalue weighted by atomic mass is 9.86. The molecule has 3 heterocycles. The first-order chi connectivity index (χ1) is 24.6. The number of carbonyl (C=O) groups is 2. The molecule has 0 bridgehead atoms. The average molecular weight is 704 g/mol. The van der Waals surface area contributed by atoms with E-state index in [1.807, 2.05) is 111 Å². The van der Waals surface area contributed by atoms with Gasteiger partial charge in [0.05, 0.1) is 24.1 Å². The fourth-order valence-corrected chi connectivity index (χ4v) is 8.12. The molecule has 2 amide bonds. The summed E-state index contributed by atoms with van der Waals surface area (Å²) in [6.07, 6.45) is 3.78. The van der Waals surface area contributed by atoms with Gasteiger partial charge < -0.3 is 9.47 Å². The maximum Gasteiger partial charge on any atom is 0.242 e. The van der Waals surface area contributed by atoms with Crippen LogP contribution < -0.4 is 4.72 Å². The van der Waals surface area contributed by atoms with E-state index < -0.39 is 27.8 Å². The van der Waals surface area contributed by atoms with Crippen molar-refractivity contribution in [2.45, 2.75) is 59.4 Å². The molecule has 0 saturated carbocycles. The van der Waals surface area contributed by atoms with Gasteiger partial charge in [-0.1, -0.05) is 111 Å². The van der Waals surface area contributed by atoms with Crippen LogP contribution in [-0.2, 0) is 32.6 Å². The Morgan fingerprint density at radius 3 is 2.16 bits per heavy atom. The number of sulfonamides is 1. The quantitative estimate of drug-likeness (QED) is 0.157. The van der Waals surface area contributed by atoms with Gasteiger partial charge in [-0.15, -0.1) is 0 Å². The molecule has 0 radical (unpaired) electrons. The van der Waals surface area contributed by atoms with Gasteiger partial charge in [-0.3, -0.25) is 14.3 Å². The molecular formula is C41H45N5O4S. The van der Waals surface area contributed by atoms with Crippen LogP contribution in [0.5, 0.6) is 0 Å². The molecule has 1 aliphatic heterocycles. The summed E-state index contributed by atoms with van der Waals surface area (Å²) in [4.78, 5) is 39.6. The number of unbranched alkanes of at least 4 members (excludes halogenated alkanes) is 1. The number of aromatic nitrogens is 3. The van der Waals surface area contributed by atoms with Gasteiger partial charge in [0.25, 0.3) is 0 Å². The number of fused-ring (bicyclic) bond motifs is 1. The average Bonchev–Trinajstić information content (AvgIpc) is 3.48. The van der Waals surface area contributed by atoms with Crippen molar-refractivity contribution in [3.8, 4) is 0 Å². The molecule has 6 rings (SSSR count). The van der Waals surface area contributed by atoms with Crippen molar-refractivity contribution < 1.29 is 18.0 Å². The van der Waals surface area contributed by atoms with E-state index in [4.69, 9.17) is 9.97 Å². The van der Waals surface area contributed by atoms with Crippen molar-refractivity contribution in [1.29, 1.82) is 0 Å². The predicted octanol–water partition coefficient (Wildman–Crippen LogP) is 6.58. The summed E-state index contributed by atoms with van der Waals surface area (Å²) in [5, 5.41) is 0. The Kier molecular flexibility index (Phi) is 10.8. The second-order valence-corrected chi connectivity index (χ2v) is 15.1. The van der Waals surface area contributed by atoms with Gasteiger partial charge in [-0.25, -0.2) is 18.4 Å². The van der Waals surface area contributed by atoms with Crippen molar-refractivity contribution in [2.24, 2.45) is 5.92 Å². The van der Waals surface area contributed by atoms with Gasteiger partial charge in [-0.2, -0.15) is 0 Å². The molecular weight excluding hydrogens is 659 g/mol. The van der Waals surface area contributed by atoms with Crippen molar-refractivity contribution in [1.82, 2.24) is 24.2 Å². The lowest BCUT2D eigenvalue weighted by Gasteiger charge is -2.35. The van der Waals surface area contributed by atoms with Crippen molar-refractivity contribution in [3.63, 3.8) is 0 Å². The second kappa shape index (κ2) is 15.4. The summed E-state index contributed by atoms with van der Waals surface area (Å²) in [7, 11) is -3.85. The smallest absolute Gasteiger partial charge is 0.242 e. The zero-order chi connectivity index (χ0) is 36.1. The molecule has 1 atom stereocenters. The fraction of sp³-hybridized carbons (Fsp3) is 0.317. The predicted molar refractivity (Wildman–Crippen MR) is 202 cm³/mol. The van der Waals surface area contributed by atoms with Gasteiger partial charge in [-0.05, 0) is 59.7 Å². The first-order valence-electron chi connectivity index (χ1n) is 17.6. The van der Waals surface area contributed by atoms with E-state index in [1.54, 1.807) is 4.90 Å². The number of nitrogens with one attached hydrogen (secondary N) is 1. The summed E-state index contributed by atoms with van der Waals surface area (Å²) in [6.45, 7) is 8.94. The Bertz CT molecular complexity index is 2120. The molecule has 1 aliphatic rings. The van der Waals surface area contributed by atoms with Gasteiger partial charge >= 0.3 is 0 Å². The Balaban J connectivity index is 1.32. The van der Waals surface area contributed by atoms with Crippen LogP contribution in [0.25, 0.3) is 16.7 Å². The second-order valence-electron chi connectivity index (χ2n) is 13.3. The molecule has 1 unspecified atom stereocenters. The zero-order valence-corrected chi connectivity index (χ0v) is 30.5. The monoisotopic (exact) mass is 703 g/mol. The maximum absolute atomic E-state index is 14.4. The van der Waals surface area contributed by atoms with Crippen LogP contribution in [0.15, 0.2) is 97.1 Å². The van der Waals surface area contributed by atoms with Gasteiger partial charge in [0, 0.05) is 25.2 Å². The van der Waals surface area contributed by atoms with E-state index in [9.17, 15) is 18.0 Å². The number of imidazole rings is 1. The SMILES string of the molecule is CCCCS(=O)(=O)NC(=O)C1CN(C(=O)C(c2ccccc2)c2ccccc2)CC=C1c1ccc(Cn2c(CC)nc3c(C)cc(C)nc32)cc1. The number of amides is 2. The lowest BCUT2D eigenvalue weighted by Crippen LogP contribution is -2.47. The summed E-state index contributed by atoms with van der Waals surface area (Å²) in [6, 6.07) is 29.2. The zero-order valence-electron chi connectivity index (χ0n) is 29.7. The highest BCUT2D eigenvalue weighted by Gasteiger charge is 2.36. The third kappa shape index (κ3) is 7.96. The van der Waals surface area contributed by atoms with Crippen LogP contribution in [0.4, 0.5) is 0 Å². The van der Waals surface area contributed by atoms with Crippen molar-refractivity contribution in [2.75, 3.05) is 18.8 Å². The van der Waals surface area contributed by atoms with Crippen LogP contribution in [0, 0.1) is 19.8 Å². The number of nitrogens with zero attached hydrogens (tertiary/aromatic N) is 4. The molecule has 0 spiro atoms.